The van der Waals surface area contributed by atoms with E-state index in [9.17, 15) is 4.79 Å². The van der Waals surface area contributed by atoms with Gasteiger partial charge in [-0.3, -0.25) is 10.1 Å². The Hall–Kier alpha value is -1.95. The molecule has 0 atom stereocenters. The normalized spacial score (nSPS) is 10.6. The Balaban J connectivity index is 1.82. The molecule has 2 heterocycles. The van der Waals surface area contributed by atoms with Crippen molar-refractivity contribution in [1.82, 2.24) is 9.97 Å². The molecule has 0 aliphatic rings. The number of nitrogens with one attached hydrogen (secondary N) is 1. The van der Waals surface area contributed by atoms with E-state index >= 15 is 0 Å². The van der Waals surface area contributed by atoms with Crippen LogP contribution in [0.5, 0.6) is 0 Å². The number of aromatic nitrogens is 2. The van der Waals surface area contributed by atoms with E-state index in [1.807, 2.05) is 36.6 Å². The molecule has 0 aliphatic heterocycles. The van der Waals surface area contributed by atoms with E-state index in [4.69, 9.17) is 23.2 Å². The molecule has 0 radical (unpaired) electrons. The van der Waals surface area contributed by atoms with Crippen molar-refractivity contribution >= 4 is 45.6 Å². The van der Waals surface area contributed by atoms with Crippen LogP contribution >= 0.6 is 34.5 Å². The van der Waals surface area contributed by atoms with Gasteiger partial charge < -0.3 is 0 Å². The predicted molar refractivity (Wildman–Crippen MR) is 94.5 cm³/mol. The molecular formula is C16H11Cl2N3OS. The van der Waals surface area contributed by atoms with Crippen molar-refractivity contribution in [3.63, 3.8) is 0 Å². The zero-order chi connectivity index (χ0) is 16.4. The van der Waals surface area contributed by atoms with Gasteiger partial charge in [-0.2, -0.15) is 0 Å². The first-order valence-corrected chi connectivity index (χ1v) is 8.32. The van der Waals surface area contributed by atoms with E-state index in [0.29, 0.717) is 10.7 Å². The van der Waals surface area contributed by atoms with Gasteiger partial charge in [0.1, 0.15) is 10.3 Å². The van der Waals surface area contributed by atoms with Gasteiger partial charge in [0.15, 0.2) is 5.13 Å². The molecule has 0 saturated carbocycles. The van der Waals surface area contributed by atoms with Crippen LogP contribution in [0.25, 0.3) is 11.3 Å². The van der Waals surface area contributed by atoms with Crippen LogP contribution in [-0.4, -0.2) is 15.9 Å². The van der Waals surface area contributed by atoms with Gasteiger partial charge in [-0.1, -0.05) is 47.5 Å². The SMILES string of the molecule is Cc1ccccc1-c1csc(NC(=O)c2cc(Cl)nc(Cl)c2)n1. The second-order valence-corrected chi connectivity index (χ2v) is 6.44. The molecular weight excluding hydrogens is 353 g/mol. The average molecular weight is 364 g/mol. The number of carbonyl (C=O) groups excluding carboxylic acids is 1. The van der Waals surface area contributed by atoms with Gasteiger partial charge in [0.25, 0.3) is 5.91 Å². The van der Waals surface area contributed by atoms with Crippen molar-refractivity contribution in [1.29, 1.82) is 0 Å². The number of benzene rings is 1. The highest BCUT2D eigenvalue weighted by Crippen LogP contribution is 2.27. The van der Waals surface area contributed by atoms with E-state index in [0.717, 1.165) is 16.8 Å². The van der Waals surface area contributed by atoms with Gasteiger partial charge in [-0.25, -0.2) is 9.97 Å². The minimum Gasteiger partial charge on any atom is -0.298 e. The molecule has 4 nitrogen and oxygen atoms in total. The molecule has 23 heavy (non-hydrogen) atoms. The molecule has 0 aliphatic carbocycles. The van der Waals surface area contributed by atoms with E-state index in [2.05, 4.69) is 15.3 Å². The third-order valence-electron chi connectivity index (χ3n) is 3.17. The van der Waals surface area contributed by atoms with Crippen LogP contribution in [-0.2, 0) is 0 Å². The Kier molecular flexibility index (Phi) is 4.61. The lowest BCUT2D eigenvalue weighted by molar-refractivity contribution is 0.102. The molecule has 7 heteroatoms. The largest absolute Gasteiger partial charge is 0.298 e. The van der Waals surface area contributed by atoms with Crippen LogP contribution in [0.1, 0.15) is 15.9 Å². The molecule has 0 spiro atoms. The minimum absolute atomic E-state index is 0.169. The monoisotopic (exact) mass is 363 g/mol. The third kappa shape index (κ3) is 3.69. The fraction of sp³-hybridized carbons (Fsp3) is 0.0625. The van der Waals surface area contributed by atoms with Gasteiger partial charge in [0, 0.05) is 16.5 Å². The fourth-order valence-corrected chi connectivity index (χ4v) is 3.25. The molecule has 116 valence electrons. The molecule has 0 saturated heterocycles. The molecule has 0 bridgehead atoms. The quantitative estimate of drug-likeness (QED) is 0.660. The van der Waals surface area contributed by atoms with Gasteiger partial charge in [-0.05, 0) is 24.6 Å². The van der Waals surface area contributed by atoms with Crippen LogP contribution in [0.4, 0.5) is 5.13 Å². The number of aryl methyl sites for hydroxylation is 1. The second-order valence-electron chi connectivity index (χ2n) is 4.81. The summed E-state index contributed by atoms with van der Waals surface area (Å²) in [5, 5.41) is 5.50. The highest BCUT2D eigenvalue weighted by Gasteiger charge is 2.12. The number of halogens is 2. The number of carbonyl (C=O) groups is 1. The van der Waals surface area contributed by atoms with Gasteiger partial charge in [-0.15, -0.1) is 11.3 Å². The van der Waals surface area contributed by atoms with Crippen LogP contribution < -0.4 is 5.32 Å². The molecule has 0 fully saturated rings. The van der Waals surface area contributed by atoms with Crippen molar-refractivity contribution < 1.29 is 4.79 Å². The number of amides is 1. The van der Waals surface area contributed by atoms with E-state index in [1.165, 1.54) is 23.5 Å². The minimum atomic E-state index is -0.332. The highest BCUT2D eigenvalue weighted by molar-refractivity contribution is 7.14. The first-order chi connectivity index (χ1) is 11.0. The molecule has 1 amide bonds. The Morgan fingerprint density at radius 2 is 1.83 bits per heavy atom. The number of rotatable bonds is 3. The lowest BCUT2D eigenvalue weighted by Crippen LogP contribution is -2.12. The average Bonchev–Trinajstić information content (AvgIpc) is 2.95. The van der Waals surface area contributed by atoms with Crippen LogP contribution in [0.2, 0.25) is 10.3 Å². The van der Waals surface area contributed by atoms with E-state index in [-0.39, 0.29) is 16.2 Å². The number of hydrogen-bond donors (Lipinski definition) is 1. The summed E-state index contributed by atoms with van der Waals surface area (Å²) in [6.07, 6.45) is 0. The molecule has 3 aromatic rings. The molecule has 3 rings (SSSR count). The number of thiazole rings is 1. The zero-order valence-electron chi connectivity index (χ0n) is 12.0. The number of pyridine rings is 1. The Morgan fingerprint density at radius 3 is 2.52 bits per heavy atom. The fourth-order valence-electron chi connectivity index (χ4n) is 2.08. The van der Waals surface area contributed by atoms with Gasteiger partial charge in [0.2, 0.25) is 0 Å². The maximum Gasteiger partial charge on any atom is 0.257 e. The number of nitrogens with zero attached hydrogens (tertiary/aromatic N) is 2. The predicted octanol–water partition coefficient (Wildman–Crippen LogP) is 5.07. The summed E-state index contributed by atoms with van der Waals surface area (Å²) >= 11 is 13.0. The second kappa shape index (κ2) is 6.66. The standard InChI is InChI=1S/C16H11Cl2N3OS/c1-9-4-2-3-5-11(9)12-8-23-16(19-12)21-15(22)10-6-13(17)20-14(18)7-10/h2-8H,1H3,(H,19,21,22). The van der Waals surface area contributed by atoms with Crippen molar-refractivity contribution in [3.05, 3.63) is 63.2 Å². The van der Waals surface area contributed by atoms with Crippen LogP contribution in [0.3, 0.4) is 0 Å². The van der Waals surface area contributed by atoms with Crippen molar-refractivity contribution in [2.24, 2.45) is 0 Å². The molecule has 0 unspecified atom stereocenters. The highest BCUT2D eigenvalue weighted by atomic mass is 35.5. The summed E-state index contributed by atoms with van der Waals surface area (Å²) < 4.78 is 0. The third-order valence-corrected chi connectivity index (χ3v) is 4.32. The molecule has 1 aromatic carbocycles. The van der Waals surface area contributed by atoms with Gasteiger partial charge in [0.05, 0.1) is 5.69 Å². The topological polar surface area (TPSA) is 54.9 Å². The zero-order valence-corrected chi connectivity index (χ0v) is 14.3. The molecule has 1 N–H and O–H groups in total. The summed E-state index contributed by atoms with van der Waals surface area (Å²) in [5.41, 5.74) is 3.33. The van der Waals surface area contributed by atoms with E-state index < -0.39 is 0 Å². The smallest absolute Gasteiger partial charge is 0.257 e. The first kappa shape index (κ1) is 15.9. The number of hydrogen-bond acceptors (Lipinski definition) is 4. The number of anilines is 1. The summed E-state index contributed by atoms with van der Waals surface area (Å²) in [6, 6.07) is 10.9. The van der Waals surface area contributed by atoms with Crippen molar-refractivity contribution in [3.8, 4) is 11.3 Å². The summed E-state index contributed by atoms with van der Waals surface area (Å²) in [6.45, 7) is 2.02. The lowest BCUT2D eigenvalue weighted by Gasteiger charge is -2.03. The maximum atomic E-state index is 12.2. The summed E-state index contributed by atoms with van der Waals surface area (Å²) in [4.78, 5) is 20.5. The first-order valence-electron chi connectivity index (χ1n) is 6.69. The lowest BCUT2D eigenvalue weighted by atomic mass is 10.1. The Morgan fingerprint density at radius 1 is 1.13 bits per heavy atom. The van der Waals surface area contributed by atoms with Crippen molar-refractivity contribution in [2.75, 3.05) is 5.32 Å². The van der Waals surface area contributed by atoms with E-state index in [1.54, 1.807) is 0 Å². The molecule has 2 aromatic heterocycles. The van der Waals surface area contributed by atoms with Crippen LogP contribution in [0.15, 0.2) is 41.8 Å². The van der Waals surface area contributed by atoms with Gasteiger partial charge >= 0.3 is 0 Å². The summed E-state index contributed by atoms with van der Waals surface area (Å²) in [7, 11) is 0. The van der Waals surface area contributed by atoms with Crippen molar-refractivity contribution in [2.45, 2.75) is 6.92 Å². The Bertz CT molecular complexity index is 859. The summed E-state index contributed by atoms with van der Waals surface area (Å²) in [5.74, 6) is -0.332. The Labute approximate surface area is 147 Å². The van der Waals surface area contributed by atoms with Crippen LogP contribution in [0, 0.1) is 6.92 Å². The maximum absolute atomic E-state index is 12.2.